The predicted molar refractivity (Wildman–Crippen MR) is 65.7 cm³/mol. The van der Waals surface area contributed by atoms with Gasteiger partial charge in [0.1, 0.15) is 5.76 Å². The van der Waals surface area contributed by atoms with E-state index in [4.69, 9.17) is 4.42 Å². The van der Waals surface area contributed by atoms with Crippen LogP contribution >= 0.6 is 0 Å². The van der Waals surface area contributed by atoms with Crippen LogP contribution in [0.2, 0.25) is 0 Å². The molecular weight excluding hydrogens is 216 g/mol. The van der Waals surface area contributed by atoms with Crippen LogP contribution in [0.1, 0.15) is 31.9 Å². The quantitative estimate of drug-likeness (QED) is 0.814. The normalized spacial score (nSPS) is 23.8. The number of hydrogen-bond donors (Lipinski definition) is 2. The van der Waals surface area contributed by atoms with Crippen LogP contribution in [0.25, 0.3) is 0 Å². The summed E-state index contributed by atoms with van der Waals surface area (Å²) in [5.41, 5.74) is -0.330. The van der Waals surface area contributed by atoms with Gasteiger partial charge in [0, 0.05) is 13.0 Å². The SMILES string of the molecule is CCC1(C(=O)NCCc2ccco2)CCCN1. The Morgan fingerprint density at radius 3 is 3.12 bits per heavy atom. The maximum absolute atomic E-state index is 12.1. The third-order valence-corrected chi connectivity index (χ3v) is 3.52. The monoisotopic (exact) mass is 236 g/mol. The van der Waals surface area contributed by atoms with Crippen molar-refractivity contribution in [1.29, 1.82) is 0 Å². The summed E-state index contributed by atoms with van der Waals surface area (Å²) >= 11 is 0. The molecule has 1 fully saturated rings. The highest BCUT2D eigenvalue weighted by atomic mass is 16.3. The molecule has 1 unspecified atom stereocenters. The topological polar surface area (TPSA) is 54.3 Å². The van der Waals surface area contributed by atoms with Gasteiger partial charge in [0.2, 0.25) is 5.91 Å². The van der Waals surface area contributed by atoms with Crippen LogP contribution in [0.15, 0.2) is 22.8 Å². The number of carbonyl (C=O) groups excluding carboxylic acids is 1. The molecule has 0 aliphatic carbocycles. The largest absolute Gasteiger partial charge is 0.469 e. The second-order valence-electron chi connectivity index (χ2n) is 4.55. The fraction of sp³-hybridized carbons (Fsp3) is 0.615. The second-order valence-corrected chi connectivity index (χ2v) is 4.55. The highest BCUT2D eigenvalue weighted by Crippen LogP contribution is 2.22. The summed E-state index contributed by atoms with van der Waals surface area (Å²) in [6, 6.07) is 3.79. The average Bonchev–Trinajstić information content (AvgIpc) is 3.00. The summed E-state index contributed by atoms with van der Waals surface area (Å²) in [6.45, 7) is 3.64. The highest BCUT2D eigenvalue weighted by Gasteiger charge is 2.38. The number of hydrogen-bond acceptors (Lipinski definition) is 3. The Kier molecular flexibility index (Phi) is 3.84. The minimum absolute atomic E-state index is 0.129. The average molecular weight is 236 g/mol. The molecule has 1 atom stereocenters. The van der Waals surface area contributed by atoms with Crippen molar-refractivity contribution in [3.8, 4) is 0 Å². The Hall–Kier alpha value is -1.29. The molecule has 1 aromatic heterocycles. The summed E-state index contributed by atoms with van der Waals surface area (Å²) in [4.78, 5) is 12.1. The van der Waals surface area contributed by atoms with E-state index >= 15 is 0 Å². The lowest BCUT2D eigenvalue weighted by Gasteiger charge is -2.26. The van der Waals surface area contributed by atoms with E-state index in [-0.39, 0.29) is 11.4 Å². The minimum atomic E-state index is -0.330. The third kappa shape index (κ3) is 2.69. The van der Waals surface area contributed by atoms with Crippen LogP contribution in [0.5, 0.6) is 0 Å². The van der Waals surface area contributed by atoms with E-state index in [2.05, 4.69) is 17.6 Å². The van der Waals surface area contributed by atoms with Gasteiger partial charge in [-0.15, -0.1) is 0 Å². The van der Waals surface area contributed by atoms with Crippen molar-refractivity contribution < 1.29 is 9.21 Å². The zero-order chi connectivity index (χ0) is 12.1. The van der Waals surface area contributed by atoms with E-state index in [1.165, 1.54) is 0 Å². The number of furan rings is 1. The number of amides is 1. The van der Waals surface area contributed by atoms with E-state index in [9.17, 15) is 4.79 Å². The van der Waals surface area contributed by atoms with Crippen molar-refractivity contribution in [3.63, 3.8) is 0 Å². The van der Waals surface area contributed by atoms with Crippen molar-refractivity contribution in [2.75, 3.05) is 13.1 Å². The van der Waals surface area contributed by atoms with Crippen LogP contribution in [0.3, 0.4) is 0 Å². The molecule has 1 aliphatic heterocycles. The van der Waals surface area contributed by atoms with Gasteiger partial charge in [-0.3, -0.25) is 4.79 Å². The summed E-state index contributed by atoms with van der Waals surface area (Å²) in [6.07, 6.45) is 5.27. The van der Waals surface area contributed by atoms with Crippen LogP contribution in [-0.4, -0.2) is 24.5 Å². The molecule has 0 spiro atoms. The van der Waals surface area contributed by atoms with Gasteiger partial charge in [0.15, 0.2) is 0 Å². The molecule has 4 heteroatoms. The summed E-state index contributed by atoms with van der Waals surface area (Å²) in [7, 11) is 0. The summed E-state index contributed by atoms with van der Waals surface area (Å²) in [5, 5.41) is 6.32. The standard InChI is InChI=1S/C13H20N2O2/c1-2-13(7-4-8-15-13)12(16)14-9-6-11-5-3-10-17-11/h3,5,10,15H,2,4,6-9H2,1H3,(H,14,16). The van der Waals surface area contributed by atoms with E-state index in [1.807, 2.05) is 12.1 Å². The first-order valence-corrected chi connectivity index (χ1v) is 6.32. The molecule has 1 saturated heterocycles. The van der Waals surface area contributed by atoms with Gasteiger partial charge in [0.05, 0.1) is 11.8 Å². The zero-order valence-corrected chi connectivity index (χ0v) is 10.3. The van der Waals surface area contributed by atoms with Gasteiger partial charge >= 0.3 is 0 Å². The van der Waals surface area contributed by atoms with Crippen LogP contribution in [0.4, 0.5) is 0 Å². The molecule has 94 valence electrons. The predicted octanol–water partition coefficient (Wildman–Crippen LogP) is 1.47. The molecule has 0 radical (unpaired) electrons. The highest BCUT2D eigenvalue weighted by molar-refractivity contribution is 5.86. The zero-order valence-electron chi connectivity index (χ0n) is 10.3. The molecule has 4 nitrogen and oxygen atoms in total. The summed E-state index contributed by atoms with van der Waals surface area (Å²) < 4.78 is 5.23. The first-order valence-electron chi connectivity index (χ1n) is 6.32. The van der Waals surface area contributed by atoms with Crippen LogP contribution in [-0.2, 0) is 11.2 Å². The van der Waals surface area contributed by atoms with E-state index < -0.39 is 0 Å². The molecule has 0 bridgehead atoms. The van der Waals surface area contributed by atoms with E-state index in [0.29, 0.717) is 6.54 Å². The van der Waals surface area contributed by atoms with E-state index in [1.54, 1.807) is 6.26 Å². The first-order chi connectivity index (χ1) is 8.27. The fourth-order valence-electron chi connectivity index (χ4n) is 2.39. The Bertz CT molecular complexity index is 354. The Morgan fingerprint density at radius 2 is 2.53 bits per heavy atom. The summed E-state index contributed by atoms with van der Waals surface area (Å²) in [5.74, 6) is 1.04. The maximum atomic E-state index is 12.1. The molecule has 0 aromatic carbocycles. The van der Waals surface area contributed by atoms with Gasteiger partial charge in [-0.1, -0.05) is 6.92 Å². The van der Waals surface area contributed by atoms with Gasteiger partial charge in [-0.05, 0) is 37.9 Å². The number of nitrogens with one attached hydrogen (secondary N) is 2. The molecular formula is C13H20N2O2. The molecule has 2 heterocycles. The van der Waals surface area contributed by atoms with Gasteiger partial charge in [0.25, 0.3) is 0 Å². The lowest BCUT2D eigenvalue weighted by Crippen LogP contribution is -2.53. The van der Waals surface area contributed by atoms with Crippen molar-refractivity contribution in [2.24, 2.45) is 0 Å². The Morgan fingerprint density at radius 1 is 1.65 bits per heavy atom. The Labute approximate surface area is 102 Å². The lowest BCUT2D eigenvalue weighted by molar-refractivity contribution is -0.127. The fourth-order valence-corrected chi connectivity index (χ4v) is 2.39. The first kappa shape index (κ1) is 12.2. The maximum Gasteiger partial charge on any atom is 0.240 e. The minimum Gasteiger partial charge on any atom is -0.469 e. The van der Waals surface area contributed by atoms with Crippen molar-refractivity contribution in [1.82, 2.24) is 10.6 Å². The van der Waals surface area contributed by atoms with Gasteiger partial charge in [-0.25, -0.2) is 0 Å². The Balaban J connectivity index is 1.80. The smallest absolute Gasteiger partial charge is 0.240 e. The van der Waals surface area contributed by atoms with E-state index in [0.717, 1.165) is 38.0 Å². The van der Waals surface area contributed by atoms with Crippen molar-refractivity contribution in [3.05, 3.63) is 24.2 Å². The molecule has 2 N–H and O–H groups in total. The third-order valence-electron chi connectivity index (χ3n) is 3.52. The van der Waals surface area contributed by atoms with Gasteiger partial charge < -0.3 is 15.1 Å². The molecule has 17 heavy (non-hydrogen) atoms. The number of rotatable bonds is 5. The van der Waals surface area contributed by atoms with Crippen molar-refractivity contribution >= 4 is 5.91 Å². The van der Waals surface area contributed by atoms with Gasteiger partial charge in [-0.2, -0.15) is 0 Å². The van der Waals surface area contributed by atoms with Crippen LogP contribution < -0.4 is 10.6 Å². The molecule has 2 rings (SSSR count). The van der Waals surface area contributed by atoms with Crippen molar-refractivity contribution in [2.45, 2.75) is 38.1 Å². The molecule has 1 amide bonds. The molecule has 0 saturated carbocycles. The number of carbonyl (C=O) groups is 1. The lowest BCUT2D eigenvalue weighted by atomic mass is 9.93. The second kappa shape index (κ2) is 5.36. The van der Waals surface area contributed by atoms with Crippen LogP contribution in [0, 0.1) is 0 Å². The molecule has 1 aliphatic rings. The molecule has 1 aromatic rings.